The van der Waals surface area contributed by atoms with Crippen LogP contribution in [0.5, 0.6) is 5.75 Å². The molecule has 1 aromatic rings. The van der Waals surface area contributed by atoms with Crippen molar-refractivity contribution < 1.29 is 54.3 Å². The molecule has 2 saturated heterocycles. The molecule has 1 aromatic carbocycles. The second kappa shape index (κ2) is 7.92. The van der Waals surface area contributed by atoms with Crippen molar-refractivity contribution in [3.63, 3.8) is 0 Å². The summed E-state index contributed by atoms with van der Waals surface area (Å²) in [5, 5.41) is -5.82. The minimum Gasteiger partial charge on any atom is -0.743 e. The molecule has 4 rings (SSSR count). The number of halogens is 5. The molecular weight excluding hydrogens is 579 g/mol. The van der Waals surface area contributed by atoms with E-state index in [4.69, 9.17) is 14.2 Å². The number of fused-ring (bicyclic) bond motifs is 4. The first-order valence-electron chi connectivity index (χ1n) is 9.40. The van der Waals surface area contributed by atoms with Gasteiger partial charge in [-0.15, -0.1) is 0 Å². The quantitative estimate of drug-likeness (QED) is 0.214. The third kappa shape index (κ3) is 3.97. The van der Waals surface area contributed by atoms with E-state index >= 15 is 0 Å². The molecule has 14 heteroatoms. The highest BCUT2D eigenvalue weighted by atomic mass is 127. The Balaban J connectivity index is 1.34. The van der Waals surface area contributed by atoms with Gasteiger partial charge in [-0.05, 0) is 41.1 Å². The van der Waals surface area contributed by atoms with Gasteiger partial charge in [0, 0.05) is 15.6 Å². The van der Waals surface area contributed by atoms with Gasteiger partial charge in [-0.1, -0.05) is 6.07 Å². The Bertz CT molecular complexity index is 1040. The third-order valence-electron chi connectivity index (χ3n) is 5.72. The van der Waals surface area contributed by atoms with E-state index in [1.165, 1.54) is 0 Å². The molecule has 0 aromatic heterocycles. The van der Waals surface area contributed by atoms with Crippen molar-refractivity contribution in [2.75, 3.05) is 6.61 Å². The Morgan fingerprint density at radius 1 is 1.31 bits per heavy atom. The lowest BCUT2D eigenvalue weighted by atomic mass is 9.84. The molecule has 178 valence electrons. The standard InChI is InChI=1S/C18H17F4IO8S/c19-17(20,18(21,22)32(25,26)27)3-4-28-15(24)11-6-14-16(7-13(11)30-14)29-8-9-1-2-10(23)5-12(9)31-16/h1-2,5,11,13-14H,3-4,6-8H2,(H,25,26,27)/p-1. The molecule has 0 N–H and O–H groups in total. The van der Waals surface area contributed by atoms with Gasteiger partial charge in [-0.2, -0.15) is 17.6 Å². The molecule has 3 aliphatic heterocycles. The average Bonchev–Trinajstić information content (AvgIpc) is 3.24. The first kappa shape index (κ1) is 23.9. The summed E-state index contributed by atoms with van der Waals surface area (Å²) in [7, 11) is -6.60. The van der Waals surface area contributed by atoms with Crippen molar-refractivity contribution in [2.45, 2.75) is 55.0 Å². The fraction of sp³-hybridized carbons (Fsp3) is 0.611. The number of alkyl halides is 4. The summed E-state index contributed by atoms with van der Waals surface area (Å²) in [6.45, 7) is -0.922. The summed E-state index contributed by atoms with van der Waals surface area (Å²) in [4.78, 5) is 12.3. The second-order valence-electron chi connectivity index (χ2n) is 7.76. The van der Waals surface area contributed by atoms with Gasteiger partial charge in [0.15, 0.2) is 10.1 Å². The molecule has 4 unspecified atom stereocenters. The maximum atomic E-state index is 13.5. The number of carbonyl (C=O) groups excluding carboxylic acids is 1. The van der Waals surface area contributed by atoms with Gasteiger partial charge >= 0.3 is 17.1 Å². The van der Waals surface area contributed by atoms with Crippen molar-refractivity contribution in [2.24, 2.45) is 5.92 Å². The number of rotatable bonds is 6. The zero-order valence-corrected chi connectivity index (χ0v) is 19.0. The normalized spacial score (nSPS) is 29.6. The molecule has 2 fully saturated rings. The van der Waals surface area contributed by atoms with Crippen LogP contribution in [-0.4, -0.2) is 54.7 Å². The predicted octanol–water partition coefficient (Wildman–Crippen LogP) is 2.78. The SMILES string of the molecule is O=C(OCCC(F)(F)C(F)(F)S(=O)(=O)[O-])C1CC2OC1CC21OCc2ccc(I)cc2O1. The summed E-state index contributed by atoms with van der Waals surface area (Å²) in [5.74, 6) is -7.47. The van der Waals surface area contributed by atoms with E-state index in [1.807, 2.05) is 18.2 Å². The lowest BCUT2D eigenvalue weighted by molar-refractivity contribution is -0.232. The number of ether oxygens (including phenoxy) is 4. The molecule has 8 nitrogen and oxygen atoms in total. The van der Waals surface area contributed by atoms with Crippen LogP contribution in [0, 0.1) is 9.49 Å². The zero-order chi connectivity index (χ0) is 23.5. The lowest BCUT2D eigenvalue weighted by Crippen LogP contribution is -2.52. The van der Waals surface area contributed by atoms with Crippen LogP contribution < -0.4 is 4.74 Å². The van der Waals surface area contributed by atoms with Crippen LogP contribution in [-0.2, 0) is 35.7 Å². The van der Waals surface area contributed by atoms with E-state index in [1.54, 1.807) is 0 Å². The van der Waals surface area contributed by atoms with Gasteiger partial charge < -0.3 is 23.5 Å². The van der Waals surface area contributed by atoms with Crippen molar-refractivity contribution in [1.82, 2.24) is 0 Å². The van der Waals surface area contributed by atoms with Gasteiger partial charge in [0.05, 0.1) is 31.7 Å². The summed E-state index contributed by atoms with van der Waals surface area (Å²) in [6.07, 6.45) is -2.89. The Kier molecular flexibility index (Phi) is 5.92. The van der Waals surface area contributed by atoms with Crippen LogP contribution in [0.4, 0.5) is 17.6 Å². The van der Waals surface area contributed by atoms with Crippen molar-refractivity contribution in [3.05, 3.63) is 27.3 Å². The monoisotopic (exact) mass is 595 g/mol. The van der Waals surface area contributed by atoms with Crippen molar-refractivity contribution in [3.8, 4) is 5.75 Å². The zero-order valence-electron chi connectivity index (χ0n) is 16.1. The number of hydrogen-bond donors (Lipinski definition) is 0. The fourth-order valence-corrected chi connectivity index (χ4v) is 4.94. The van der Waals surface area contributed by atoms with Crippen LogP contribution >= 0.6 is 22.6 Å². The molecule has 0 radical (unpaired) electrons. The molecule has 0 amide bonds. The molecular formula is C18H16F4IO8S-. The van der Waals surface area contributed by atoms with Crippen LogP contribution in [0.3, 0.4) is 0 Å². The summed E-state index contributed by atoms with van der Waals surface area (Å²) < 4.78 is 108. The first-order chi connectivity index (χ1) is 14.8. The van der Waals surface area contributed by atoms with Crippen LogP contribution in [0.1, 0.15) is 24.8 Å². The molecule has 32 heavy (non-hydrogen) atoms. The third-order valence-corrected chi connectivity index (χ3v) is 7.32. The highest BCUT2D eigenvalue weighted by Gasteiger charge is 2.63. The number of hydrogen-bond acceptors (Lipinski definition) is 8. The first-order valence-corrected chi connectivity index (χ1v) is 11.9. The predicted molar refractivity (Wildman–Crippen MR) is 104 cm³/mol. The summed E-state index contributed by atoms with van der Waals surface area (Å²) >= 11 is 2.14. The molecule has 4 atom stereocenters. The number of carbonyl (C=O) groups is 1. The molecule has 1 spiro atoms. The highest BCUT2D eigenvalue weighted by Crippen LogP contribution is 2.51. The van der Waals surface area contributed by atoms with Gasteiger partial charge in [-0.3, -0.25) is 4.79 Å². The van der Waals surface area contributed by atoms with E-state index < -0.39 is 64.2 Å². The molecule has 2 bridgehead atoms. The van der Waals surface area contributed by atoms with Crippen LogP contribution in [0.25, 0.3) is 0 Å². The van der Waals surface area contributed by atoms with Crippen LogP contribution in [0.15, 0.2) is 18.2 Å². The maximum absolute atomic E-state index is 13.5. The van der Waals surface area contributed by atoms with E-state index in [9.17, 15) is 35.3 Å². The van der Waals surface area contributed by atoms with Crippen molar-refractivity contribution in [1.29, 1.82) is 0 Å². The number of benzene rings is 1. The minimum atomic E-state index is -6.60. The van der Waals surface area contributed by atoms with Crippen LogP contribution in [0.2, 0.25) is 0 Å². The second-order valence-corrected chi connectivity index (χ2v) is 10.4. The summed E-state index contributed by atoms with van der Waals surface area (Å²) in [6, 6.07) is 5.62. The lowest BCUT2D eigenvalue weighted by Gasteiger charge is -2.40. The Morgan fingerprint density at radius 3 is 2.66 bits per heavy atom. The van der Waals surface area contributed by atoms with Gasteiger partial charge in [-0.25, -0.2) is 8.42 Å². The largest absolute Gasteiger partial charge is 0.743 e. The van der Waals surface area contributed by atoms with E-state index in [0.29, 0.717) is 5.75 Å². The van der Waals surface area contributed by atoms with E-state index in [2.05, 4.69) is 27.3 Å². The summed E-state index contributed by atoms with van der Waals surface area (Å²) in [5.41, 5.74) is 0.854. The molecule has 3 aliphatic rings. The minimum absolute atomic E-state index is 0.101. The molecule has 0 saturated carbocycles. The average molecular weight is 595 g/mol. The maximum Gasteiger partial charge on any atom is 0.396 e. The Morgan fingerprint density at radius 2 is 2.03 bits per heavy atom. The Hall–Kier alpha value is -1.23. The van der Waals surface area contributed by atoms with Gasteiger partial charge in [0.1, 0.15) is 11.9 Å². The van der Waals surface area contributed by atoms with E-state index in [-0.39, 0.29) is 19.4 Å². The topological polar surface area (TPSA) is 111 Å². The fourth-order valence-electron chi connectivity index (χ4n) is 4.01. The Labute approximate surface area is 193 Å². The van der Waals surface area contributed by atoms with Gasteiger partial charge in [0.25, 0.3) is 0 Å². The highest BCUT2D eigenvalue weighted by molar-refractivity contribution is 14.1. The van der Waals surface area contributed by atoms with E-state index in [0.717, 1.165) is 9.13 Å². The number of esters is 1. The molecule has 0 aliphatic carbocycles. The molecule has 3 heterocycles. The smallest absolute Gasteiger partial charge is 0.396 e. The van der Waals surface area contributed by atoms with Gasteiger partial charge in [0.2, 0.25) is 5.79 Å². The van der Waals surface area contributed by atoms with Crippen molar-refractivity contribution >= 4 is 38.7 Å².